The van der Waals surface area contributed by atoms with E-state index in [-0.39, 0.29) is 12.5 Å². The monoisotopic (exact) mass is 494 g/mol. The summed E-state index contributed by atoms with van der Waals surface area (Å²) in [5.74, 6) is 0.475. The van der Waals surface area contributed by atoms with Crippen LogP contribution in [-0.4, -0.2) is 63.1 Å². The highest BCUT2D eigenvalue weighted by Crippen LogP contribution is 2.34. The molecule has 0 radical (unpaired) electrons. The minimum Gasteiger partial charge on any atom is -0.368 e. The Morgan fingerprint density at radius 1 is 1.12 bits per heavy atom. The quantitative estimate of drug-likeness (QED) is 0.573. The van der Waals surface area contributed by atoms with Gasteiger partial charge < -0.3 is 10.2 Å². The first-order chi connectivity index (χ1) is 16.0. The molecule has 1 amide bonds. The number of carbonyl (C=O) groups excluding carboxylic acids is 1. The van der Waals surface area contributed by atoms with Crippen LogP contribution in [0.15, 0.2) is 70.6 Å². The molecule has 2 aromatic rings. The standard InChI is InChI=1S/C23H25F3N4O3S/c1-29(16-17-9-11-18(12-10-17)22-27-13-14-28-22)21(31)8-5-15-30(2)34(32,33)20-7-4-3-6-19(20)23(24,25)26/h3-12H,13-16H2,1-2H3,(H,27,28)/b8-5+. The fraction of sp³-hybridized carbons (Fsp3) is 0.304. The highest BCUT2D eigenvalue weighted by molar-refractivity contribution is 7.89. The molecule has 3 rings (SSSR count). The van der Waals surface area contributed by atoms with Crippen LogP contribution in [0.2, 0.25) is 0 Å². The van der Waals surface area contributed by atoms with Crippen LogP contribution in [0, 0.1) is 0 Å². The molecule has 182 valence electrons. The molecule has 7 nitrogen and oxygen atoms in total. The van der Waals surface area contributed by atoms with Crippen molar-refractivity contribution >= 4 is 21.8 Å². The first-order valence-electron chi connectivity index (χ1n) is 10.4. The minimum atomic E-state index is -4.81. The Morgan fingerprint density at radius 2 is 1.79 bits per heavy atom. The average Bonchev–Trinajstić information content (AvgIpc) is 3.33. The van der Waals surface area contributed by atoms with Gasteiger partial charge in [0, 0.05) is 45.4 Å². The van der Waals surface area contributed by atoms with Gasteiger partial charge in [-0.2, -0.15) is 17.5 Å². The van der Waals surface area contributed by atoms with Crippen molar-refractivity contribution < 1.29 is 26.4 Å². The third-order valence-corrected chi connectivity index (χ3v) is 7.08. The number of hydrogen-bond donors (Lipinski definition) is 1. The van der Waals surface area contributed by atoms with Crippen LogP contribution in [0.3, 0.4) is 0 Å². The molecule has 0 saturated carbocycles. The van der Waals surface area contributed by atoms with Crippen molar-refractivity contribution in [2.75, 3.05) is 33.7 Å². The van der Waals surface area contributed by atoms with Crippen LogP contribution >= 0.6 is 0 Å². The first-order valence-corrected chi connectivity index (χ1v) is 11.9. The molecule has 34 heavy (non-hydrogen) atoms. The number of amidine groups is 1. The number of nitrogens with one attached hydrogen (secondary N) is 1. The molecule has 0 fully saturated rings. The molecule has 1 heterocycles. The SMILES string of the molecule is CN(Cc1ccc(C2=NCCN2)cc1)C(=O)/C=C/CN(C)S(=O)(=O)c1ccccc1C(F)(F)F. The number of nitrogens with zero attached hydrogens (tertiary/aromatic N) is 3. The molecular weight excluding hydrogens is 469 g/mol. The lowest BCUT2D eigenvalue weighted by atomic mass is 10.1. The zero-order valence-electron chi connectivity index (χ0n) is 18.7. The largest absolute Gasteiger partial charge is 0.417 e. The molecule has 1 aliphatic rings. The van der Waals surface area contributed by atoms with Crippen molar-refractivity contribution in [3.8, 4) is 0 Å². The summed E-state index contributed by atoms with van der Waals surface area (Å²) in [7, 11) is -1.65. The zero-order valence-corrected chi connectivity index (χ0v) is 19.5. The predicted octanol–water partition coefficient (Wildman–Crippen LogP) is 2.89. The summed E-state index contributed by atoms with van der Waals surface area (Å²) < 4.78 is 65.7. The molecule has 1 aliphatic heterocycles. The van der Waals surface area contributed by atoms with E-state index in [0.717, 1.165) is 59.6 Å². The lowest BCUT2D eigenvalue weighted by molar-refractivity contribution is -0.140. The second-order valence-corrected chi connectivity index (χ2v) is 9.74. The molecule has 2 aromatic carbocycles. The third kappa shape index (κ3) is 6.03. The van der Waals surface area contributed by atoms with Crippen molar-refractivity contribution in [3.63, 3.8) is 0 Å². The van der Waals surface area contributed by atoms with Crippen molar-refractivity contribution in [2.45, 2.75) is 17.6 Å². The number of amides is 1. The van der Waals surface area contributed by atoms with Crippen LogP contribution in [0.4, 0.5) is 13.2 Å². The lowest BCUT2D eigenvalue weighted by Crippen LogP contribution is -2.29. The van der Waals surface area contributed by atoms with Crippen molar-refractivity contribution in [1.29, 1.82) is 0 Å². The molecule has 0 atom stereocenters. The topological polar surface area (TPSA) is 82.1 Å². The van der Waals surface area contributed by atoms with E-state index in [4.69, 9.17) is 0 Å². The maximum atomic E-state index is 13.2. The Kier molecular flexibility index (Phi) is 7.78. The smallest absolute Gasteiger partial charge is 0.368 e. The highest BCUT2D eigenvalue weighted by atomic mass is 32.2. The van der Waals surface area contributed by atoms with E-state index in [1.165, 1.54) is 23.1 Å². The molecule has 0 spiro atoms. The van der Waals surface area contributed by atoms with E-state index in [9.17, 15) is 26.4 Å². The summed E-state index contributed by atoms with van der Waals surface area (Å²) in [6.45, 7) is 1.62. The zero-order chi connectivity index (χ0) is 24.9. The van der Waals surface area contributed by atoms with Gasteiger partial charge in [-0.1, -0.05) is 42.5 Å². The van der Waals surface area contributed by atoms with Crippen LogP contribution < -0.4 is 5.32 Å². The Morgan fingerprint density at radius 3 is 2.41 bits per heavy atom. The van der Waals surface area contributed by atoms with Gasteiger partial charge in [-0.05, 0) is 17.7 Å². The molecule has 1 N–H and O–H groups in total. The van der Waals surface area contributed by atoms with Gasteiger partial charge in [0.05, 0.1) is 17.0 Å². The Hall–Kier alpha value is -3.18. The number of carbonyl (C=O) groups is 1. The fourth-order valence-electron chi connectivity index (χ4n) is 3.33. The number of rotatable bonds is 8. The van der Waals surface area contributed by atoms with Gasteiger partial charge in [0.15, 0.2) is 0 Å². The van der Waals surface area contributed by atoms with Crippen LogP contribution in [-0.2, 0) is 27.5 Å². The molecular formula is C23H25F3N4O3S. The average molecular weight is 495 g/mol. The van der Waals surface area contributed by atoms with E-state index >= 15 is 0 Å². The van der Waals surface area contributed by atoms with E-state index in [2.05, 4.69) is 10.3 Å². The van der Waals surface area contributed by atoms with Crippen LogP contribution in [0.1, 0.15) is 16.7 Å². The van der Waals surface area contributed by atoms with E-state index in [1.807, 2.05) is 24.3 Å². The normalized spacial score (nSPS) is 14.4. The number of halogens is 3. The summed E-state index contributed by atoms with van der Waals surface area (Å²) in [6, 6.07) is 11.6. The first kappa shape index (κ1) is 25.4. The maximum absolute atomic E-state index is 13.2. The summed E-state index contributed by atoms with van der Waals surface area (Å²) in [5.41, 5.74) is 0.630. The molecule has 0 aliphatic carbocycles. The minimum absolute atomic E-state index is 0.266. The number of likely N-dealkylation sites (N-methyl/N-ethyl adjacent to an activating group) is 2. The molecule has 0 saturated heterocycles. The van der Waals surface area contributed by atoms with Gasteiger partial charge in [0.25, 0.3) is 0 Å². The maximum Gasteiger partial charge on any atom is 0.417 e. The van der Waals surface area contributed by atoms with Gasteiger partial charge in [0.1, 0.15) is 5.84 Å². The Labute approximate surface area is 196 Å². The van der Waals surface area contributed by atoms with Gasteiger partial charge in [-0.15, -0.1) is 0 Å². The molecule has 0 unspecified atom stereocenters. The third-order valence-electron chi connectivity index (χ3n) is 5.20. The van der Waals surface area contributed by atoms with E-state index in [1.54, 1.807) is 7.05 Å². The van der Waals surface area contributed by atoms with E-state index < -0.39 is 26.7 Å². The second kappa shape index (κ2) is 10.4. The number of aliphatic imine (C=N–C) groups is 1. The van der Waals surface area contributed by atoms with Crippen LogP contribution in [0.25, 0.3) is 0 Å². The predicted molar refractivity (Wildman–Crippen MR) is 123 cm³/mol. The van der Waals surface area contributed by atoms with E-state index in [0.29, 0.717) is 6.54 Å². The summed E-state index contributed by atoms with van der Waals surface area (Å²) in [6.07, 6.45) is -2.30. The molecule has 0 aromatic heterocycles. The molecule has 0 bridgehead atoms. The van der Waals surface area contributed by atoms with Gasteiger partial charge in [-0.25, -0.2) is 8.42 Å². The summed E-state index contributed by atoms with van der Waals surface area (Å²) in [5, 5.41) is 3.19. The highest BCUT2D eigenvalue weighted by Gasteiger charge is 2.37. The van der Waals surface area contributed by atoms with Gasteiger partial charge in [-0.3, -0.25) is 9.79 Å². The van der Waals surface area contributed by atoms with Crippen LogP contribution in [0.5, 0.6) is 0 Å². The lowest BCUT2D eigenvalue weighted by Gasteiger charge is -2.19. The number of alkyl halides is 3. The number of hydrogen-bond acceptors (Lipinski definition) is 5. The van der Waals surface area contributed by atoms with Gasteiger partial charge >= 0.3 is 6.18 Å². The Balaban J connectivity index is 1.59. The number of sulfonamides is 1. The summed E-state index contributed by atoms with van der Waals surface area (Å²) in [4.78, 5) is 17.4. The second-order valence-electron chi connectivity index (χ2n) is 7.73. The number of benzene rings is 2. The van der Waals surface area contributed by atoms with Crippen molar-refractivity contribution in [2.24, 2.45) is 4.99 Å². The van der Waals surface area contributed by atoms with Crippen molar-refractivity contribution in [1.82, 2.24) is 14.5 Å². The summed E-state index contributed by atoms with van der Waals surface area (Å²) >= 11 is 0. The van der Waals surface area contributed by atoms with Crippen molar-refractivity contribution in [3.05, 3.63) is 77.4 Å². The fourth-order valence-corrected chi connectivity index (χ4v) is 4.66. The Bertz CT molecular complexity index is 1190. The van der Waals surface area contributed by atoms with Gasteiger partial charge in [0.2, 0.25) is 15.9 Å². The molecule has 11 heteroatoms.